The number of ether oxygens (including phenoxy) is 1. The summed E-state index contributed by atoms with van der Waals surface area (Å²) in [6, 6.07) is 15.4. The quantitative estimate of drug-likeness (QED) is 0.291. The number of carbonyl (C=O) groups is 2. The monoisotopic (exact) mass is 552 g/mol. The Morgan fingerprint density at radius 2 is 1.98 bits per heavy atom. The molecule has 1 saturated heterocycles. The Morgan fingerprint density at radius 1 is 1.12 bits per heavy atom. The number of aromatic nitrogens is 8. The standard InChI is InChI=1S/C28H28N10O3/c1-19-15-21(8-9-24(19)37-18-31-33-35-37)38(26(39)17-36-25-7-3-2-6-23(25)32-34-36)27(20-10-12-29-13-11-20)28(40)30-16-22-5-4-14-41-22/h2-3,6-13,15,18,22,27H,4-5,14,16-17H2,1H3,(H,30,40)/t22-,27-/m1/s1. The van der Waals surface area contributed by atoms with Gasteiger partial charge in [0.15, 0.2) is 0 Å². The van der Waals surface area contributed by atoms with Gasteiger partial charge in [-0.15, -0.1) is 10.2 Å². The van der Waals surface area contributed by atoms with Crippen molar-refractivity contribution in [1.29, 1.82) is 0 Å². The largest absolute Gasteiger partial charge is 0.376 e. The van der Waals surface area contributed by atoms with Crippen molar-refractivity contribution in [2.75, 3.05) is 18.1 Å². The number of hydrogen-bond acceptors (Lipinski definition) is 9. The summed E-state index contributed by atoms with van der Waals surface area (Å²) in [6.45, 7) is 2.80. The fourth-order valence-electron chi connectivity index (χ4n) is 5.07. The zero-order chi connectivity index (χ0) is 28.2. The highest BCUT2D eigenvalue weighted by Crippen LogP contribution is 2.31. The molecule has 2 atom stereocenters. The van der Waals surface area contributed by atoms with Crippen LogP contribution in [0.25, 0.3) is 16.7 Å². The maximum Gasteiger partial charge on any atom is 0.249 e. The predicted molar refractivity (Wildman–Crippen MR) is 148 cm³/mol. The molecule has 6 rings (SSSR count). The van der Waals surface area contributed by atoms with E-state index in [2.05, 4.69) is 36.1 Å². The highest BCUT2D eigenvalue weighted by Gasteiger charge is 2.34. The normalized spacial score (nSPS) is 15.6. The number of aryl methyl sites for hydroxylation is 1. The first-order valence-electron chi connectivity index (χ1n) is 13.3. The molecule has 0 radical (unpaired) electrons. The second-order valence-corrected chi connectivity index (χ2v) is 9.79. The number of anilines is 1. The Kier molecular flexibility index (Phi) is 7.41. The number of nitrogens with zero attached hydrogens (tertiary/aromatic N) is 9. The molecule has 0 saturated carbocycles. The summed E-state index contributed by atoms with van der Waals surface area (Å²) in [7, 11) is 0. The Balaban J connectivity index is 1.41. The summed E-state index contributed by atoms with van der Waals surface area (Å²) in [4.78, 5) is 33.8. The van der Waals surface area contributed by atoms with Gasteiger partial charge in [-0.3, -0.25) is 19.5 Å². The van der Waals surface area contributed by atoms with Gasteiger partial charge in [-0.1, -0.05) is 17.3 Å². The Morgan fingerprint density at radius 3 is 2.73 bits per heavy atom. The maximum atomic E-state index is 14.2. The van der Waals surface area contributed by atoms with Crippen molar-refractivity contribution in [3.8, 4) is 5.69 Å². The second-order valence-electron chi connectivity index (χ2n) is 9.79. The number of nitrogens with one attached hydrogen (secondary N) is 1. The smallest absolute Gasteiger partial charge is 0.249 e. The molecule has 0 unspecified atom stereocenters. The minimum absolute atomic E-state index is 0.0551. The first kappa shape index (κ1) is 26.2. The molecule has 208 valence electrons. The van der Waals surface area contributed by atoms with Crippen LogP contribution in [0.15, 0.2) is 73.3 Å². The summed E-state index contributed by atoms with van der Waals surface area (Å²) in [6.07, 6.45) is 6.49. The molecular weight excluding hydrogens is 524 g/mol. The Bertz CT molecular complexity index is 1650. The van der Waals surface area contributed by atoms with Gasteiger partial charge < -0.3 is 10.1 Å². The number of tetrazole rings is 1. The first-order chi connectivity index (χ1) is 20.1. The summed E-state index contributed by atoms with van der Waals surface area (Å²) in [5, 5.41) is 22.8. The first-order valence-corrected chi connectivity index (χ1v) is 13.3. The van der Waals surface area contributed by atoms with Gasteiger partial charge in [0.2, 0.25) is 11.8 Å². The molecule has 1 N–H and O–H groups in total. The average Bonchev–Trinajstić information content (AvgIpc) is 3.78. The molecule has 4 heterocycles. The molecule has 1 aliphatic rings. The van der Waals surface area contributed by atoms with Crippen LogP contribution in [0.1, 0.15) is 30.0 Å². The molecule has 13 nitrogen and oxygen atoms in total. The highest BCUT2D eigenvalue weighted by molar-refractivity contribution is 6.01. The lowest BCUT2D eigenvalue weighted by molar-refractivity contribution is -0.127. The number of carbonyl (C=O) groups excluding carboxylic acids is 2. The Labute approximate surface area is 235 Å². The van der Waals surface area contributed by atoms with Crippen molar-refractivity contribution in [2.24, 2.45) is 0 Å². The van der Waals surface area contributed by atoms with E-state index in [1.807, 2.05) is 43.3 Å². The lowest BCUT2D eigenvalue weighted by Crippen LogP contribution is -2.46. The van der Waals surface area contributed by atoms with Crippen LogP contribution in [0.2, 0.25) is 0 Å². The van der Waals surface area contributed by atoms with Crippen molar-refractivity contribution in [1.82, 2.24) is 45.5 Å². The zero-order valence-electron chi connectivity index (χ0n) is 22.4. The lowest BCUT2D eigenvalue weighted by atomic mass is 10.0. The third kappa shape index (κ3) is 5.52. The molecule has 1 fully saturated rings. The van der Waals surface area contributed by atoms with Crippen LogP contribution in [-0.4, -0.2) is 71.3 Å². The summed E-state index contributed by atoms with van der Waals surface area (Å²) in [5.74, 6) is -0.671. The number of rotatable bonds is 9. The van der Waals surface area contributed by atoms with Crippen LogP contribution >= 0.6 is 0 Å². The van der Waals surface area contributed by atoms with Gasteiger partial charge in [0.1, 0.15) is 24.4 Å². The van der Waals surface area contributed by atoms with Crippen LogP contribution in [0.3, 0.4) is 0 Å². The summed E-state index contributed by atoms with van der Waals surface area (Å²) in [5.41, 5.74) is 4.10. The van der Waals surface area contributed by atoms with Crippen LogP contribution in [0, 0.1) is 6.92 Å². The molecule has 41 heavy (non-hydrogen) atoms. The third-order valence-electron chi connectivity index (χ3n) is 7.08. The molecule has 0 spiro atoms. The molecule has 1 aliphatic heterocycles. The van der Waals surface area contributed by atoms with E-state index in [-0.39, 0.29) is 24.5 Å². The van der Waals surface area contributed by atoms with E-state index in [0.717, 1.165) is 24.1 Å². The topological polar surface area (TPSA) is 146 Å². The minimum atomic E-state index is -0.986. The number of amides is 2. The van der Waals surface area contributed by atoms with E-state index >= 15 is 0 Å². The molecule has 0 bridgehead atoms. The van der Waals surface area contributed by atoms with E-state index in [0.29, 0.717) is 35.4 Å². The van der Waals surface area contributed by atoms with Gasteiger partial charge in [-0.05, 0) is 83.8 Å². The summed E-state index contributed by atoms with van der Waals surface area (Å²) < 4.78 is 8.80. The number of para-hydroxylation sites is 1. The van der Waals surface area contributed by atoms with E-state index in [1.165, 1.54) is 11.2 Å². The Hall–Kier alpha value is -5.04. The van der Waals surface area contributed by atoms with Gasteiger partial charge in [0, 0.05) is 31.2 Å². The number of pyridine rings is 1. The average molecular weight is 553 g/mol. The third-order valence-corrected chi connectivity index (χ3v) is 7.08. The zero-order valence-corrected chi connectivity index (χ0v) is 22.4. The molecule has 13 heteroatoms. The van der Waals surface area contributed by atoms with Gasteiger partial charge in [0.25, 0.3) is 0 Å². The minimum Gasteiger partial charge on any atom is -0.376 e. The van der Waals surface area contributed by atoms with E-state index in [4.69, 9.17) is 4.74 Å². The van der Waals surface area contributed by atoms with Crippen LogP contribution in [0.5, 0.6) is 0 Å². The van der Waals surface area contributed by atoms with Crippen molar-refractivity contribution >= 4 is 28.5 Å². The number of hydrogen-bond donors (Lipinski definition) is 1. The van der Waals surface area contributed by atoms with Gasteiger partial charge in [0.05, 0.1) is 17.3 Å². The number of benzene rings is 2. The fourth-order valence-corrected chi connectivity index (χ4v) is 5.07. The van der Waals surface area contributed by atoms with Crippen molar-refractivity contribution < 1.29 is 14.3 Å². The van der Waals surface area contributed by atoms with Gasteiger partial charge in [-0.2, -0.15) is 0 Å². The highest BCUT2D eigenvalue weighted by atomic mass is 16.5. The van der Waals surface area contributed by atoms with E-state index < -0.39 is 6.04 Å². The molecule has 0 aliphatic carbocycles. The van der Waals surface area contributed by atoms with Crippen molar-refractivity contribution in [2.45, 2.75) is 38.5 Å². The molecule has 2 amide bonds. The summed E-state index contributed by atoms with van der Waals surface area (Å²) >= 11 is 0. The van der Waals surface area contributed by atoms with E-state index in [9.17, 15) is 9.59 Å². The number of fused-ring (bicyclic) bond motifs is 1. The predicted octanol–water partition coefficient (Wildman–Crippen LogP) is 2.18. The second kappa shape index (κ2) is 11.6. The lowest BCUT2D eigenvalue weighted by Gasteiger charge is -2.32. The maximum absolute atomic E-state index is 14.2. The molecular formula is C28H28N10O3. The van der Waals surface area contributed by atoms with Crippen molar-refractivity contribution in [3.63, 3.8) is 0 Å². The van der Waals surface area contributed by atoms with Crippen LogP contribution < -0.4 is 10.2 Å². The SMILES string of the molecule is Cc1cc(N(C(=O)Cn2nnc3ccccc32)[C@@H](C(=O)NC[C@H]2CCCO2)c2ccncc2)ccc1-n1cnnn1. The molecule has 3 aromatic heterocycles. The fraction of sp³-hybridized carbons (Fsp3) is 0.286. The van der Waals surface area contributed by atoms with Gasteiger partial charge >= 0.3 is 0 Å². The molecule has 2 aromatic carbocycles. The van der Waals surface area contributed by atoms with Crippen molar-refractivity contribution in [3.05, 3.63) is 84.4 Å². The van der Waals surface area contributed by atoms with Crippen LogP contribution in [0.4, 0.5) is 5.69 Å². The van der Waals surface area contributed by atoms with Crippen LogP contribution in [-0.2, 0) is 20.9 Å². The van der Waals surface area contributed by atoms with Gasteiger partial charge in [-0.25, -0.2) is 9.36 Å². The molecule has 5 aromatic rings. The van der Waals surface area contributed by atoms with E-state index in [1.54, 1.807) is 40.0 Å².